The highest BCUT2D eigenvalue weighted by Crippen LogP contribution is 2.27. The molecule has 0 aliphatic carbocycles. The van der Waals surface area contributed by atoms with Crippen molar-refractivity contribution in [3.8, 4) is 0 Å². The van der Waals surface area contributed by atoms with Crippen LogP contribution in [0.15, 0.2) is 24.2 Å². The summed E-state index contributed by atoms with van der Waals surface area (Å²) in [6, 6.07) is 0. The SMILES string of the molecule is C=C1NC(=[18O])C(C)=CN1[C@H]1C[C@@H]([18OH])[C@@H](C[18OH])O1. The van der Waals surface area contributed by atoms with Crippen LogP contribution in [0.1, 0.15) is 13.3 Å². The largest absolute Gasteiger partial charge is 0.394 e. The summed E-state index contributed by atoms with van der Waals surface area (Å²) < 4.78 is 5.49. The topological polar surface area (TPSA) is 82.0 Å². The lowest BCUT2D eigenvalue weighted by Crippen LogP contribution is -2.42. The zero-order valence-corrected chi connectivity index (χ0v) is 9.59. The molecule has 1 fully saturated rings. The van der Waals surface area contributed by atoms with Crippen LogP contribution in [0.25, 0.3) is 0 Å². The molecule has 3 atom stereocenters. The van der Waals surface area contributed by atoms with Crippen LogP contribution in [0.3, 0.4) is 0 Å². The third kappa shape index (κ3) is 2.19. The van der Waals surface area contributed by atoms with E-state index in [4.69, 9.17) is 9.84 Å². The van der Waals surface area contributed by atoms with Crippen LogP contribution in [0.2, 0.25) is 0 Å². The average molecular weight is 246 g/mol. The zero-order valence-electron chi connectivity index (χ0n) is 9.59. The molecule has 0 aromatic rings. The van der Waals surface area contributed by atoms with Crippen molar-refractivity contribution in [3.63, 3.8) is 0 Å². The number of carbonyl (C=O) groups excluding carboxylic acids is 1. The number of amides is 1. The van der Waals surface area contributed by atoms with Crippen molar-refractivity contribution < 1.29 is 19.7 Å². The molecule has 0 spiro atoms. The Labute approximate surface area is 99.2 Å². The molecule has 0 aromatic heterocycles. The van der Waals surface area contributed by atoms with Crippen molar-refractivity contribution in [1.29, 1.82) is 0 Å². The van der Waals surface area contributed by atoms with E-state index in [0.717, 1.165) is 0 Å². The molecule has 2 aliphatic rings. The van der Waals surface area contributed by atoms with E-state index in [2.05, 4.69) is 11.9 Å². The summed E-state index contributed by atoms with van der Waals surface area (Å²) in [7, 11) is 0. The molecule has 17 heavy (non-hydrogen) atoms. The van der Waals surface area contributed by atoms with Gasteiger partial charge < -0.3 is 25.2 Å². The Bertz CT molecular complexity index is 380. The Kier molecular flexibility index (Phi) is 3.19. The minimum absolute atomic E-state index is 0.191. The second-order valence-electron chi connectivity index (χ2n) is 4.24. The minimum atomic E-state index is -0.705. The number of aliphatic hydroxyl groups is 2. The molecule has 94 valence electrons. The van der Waals surface area contributed by atoms with Crippen LogP contribution in [0.4, 0.5) is 0 Å². The number of rotatable bonds is 2. The van der Waals surface area contributed by atoms with E-state index in [0.29, 0.717) is 17.8 Å². The van der Waals surface area contributed by atoms with Gasteiger partial charge in [-0.05, 0) is 6.92 Å². The fourth-order valence-electron chi connectivity index (χ4n) is 1.95. The molecule has 6 heteroatoms. The molecule has 1 saturated heterocycles. The van der Waals surface area contributed by atoms with Crippen LogP contribution in [-0.2, 0) is 9.53 Å². The fraction of sp³-hybridized carbons (Fsp3) is 0.545. The van der Waals surface area contributed by atoms with Crippen molar-refractivity contribution >= 4 is 5.91 Å². The smallest absolute Gasteiger partial charge is 0.253 e. The molecular weight excluding hydrogens is 230 g/mol. The van der Waals surface area contributed by atoms with Crippen LogP contribution < -0.4 is 5.32 Å². The second kappa shape index (κ2) is 4.48. The number of hydrogen-bond acceptors (Lipinski definition) is 5. The number of carbonyl (C=O) groups is 1. The highest BCUT2D eigenvalue weighted by atomic mass is 18.2. The lowest BCUT2D eigenvalue weighted by atomic mass is 10.2. The lowest BCUT2D eigenvalue weighted by Gasteiger charge is -2.32. The zero-order chi connectivity index (χ0) is 12.6. The van der Waals surface area contributed by atoms with Crippen molar-refractivity contribution in [2.75, 3.05) is 6.61 Å². The predicted octanol–water partition coefficient (Wildman–Crippen LogP) is -0.739. The van der Waals surface area contributed by atoms with E-state index in [9.17, 15) is 9.90 Å². The molecule has 3 N–H and O–H groups in total. The normalized spacial score (nSPS) is 33.7. The first-order chi connectivity index (χ1) is 8.02. The van der Waals surface area contributed by atoms with Gasteiger partial charge in [0.1, 0.15) is 18.2 Å². The van der Waals surface area contributed by atoms with Gasteiger partial charge in [-0.2, -0.15) is 0 Å². The molecule has 1 amide bonds. The summed E-state index contributed by atoms with van der Waals surface area (Å²) in [5, 5.41) is 21.2. The predicted molar refractivity (Wildman–Crippen MR) is 59.2 cm³/mol. The minimum Gasteiger partial charge on any atom is -0.394 e. The van der Waals surface area contributed by atoms with E-state index >= 15 is 0 Å². The summed E-state index contributed by atoms with van der Waals surface area (Å²) in [5.74, 6) is 0.222. The monoisotopic (exact) mass is 246 g/mol. The molecule has 0 aromatic carbocycles. The molecule has 0 unspecified atom stereocenters. The molecule has 0 radical (unpaired) electrons. The first kappa shape index (κ1) is 12.1. The second-order valence-corrected chi connectivity index (χ2v) is 4.24. The Morgan fingerprint density at radius 1 is 1.71 bits per heavy atom. The van der Waals surface area contributed by atoms with E-state index in [1.165, 1.54) is 0 Å². The Morgan fingerprint density at radius 3 is 3.00 bits per heavy atom. The summed E-state index contributed by atoms with van der Waals surface area (Å²) >= 11 is 0. The maximum Gasteiger partial charge on any atom is 0.253 e. The number of nitrogens with one attached hydrogen (secondary N) is 1. The Morgan fingerprint density at radius 2 is 2.41 bits per heavy atom. The quantitative estimate of drug-likeness (QED) is 0.559. The lowest BCUT2D eigenvalue weighted by molar-refractivity contribution is -0.118. The van der Waals surface area contributed by atoms with Gasteiger partial charge in [0, 0.05) is 18.2 Å². The van der Waals surface area contributed by atoms with Gasteiger partial charge in [-0.3, -0.25) is 4.79 Å². The van der Waals surface area contributed by atoms with Gasteiger partial charge in [-0.15, -0.1) is 0 Å². The number of nitrogens with zero attached hydrogens (tertiary/aromatic N) is 1. The van der Waals surface area contributed by atoms with E-state index in [1.807, 2.05) is 0 Å². The molecule has 2 heterocycles. The maximum absolute atomic E-state index is 11.4. The van der Waals surface area contributed by atoms with Crippen molar-refractivity contribution in [2.45, 2.75) is 31.8 Å². The van der Waals surface area contributed by atoms with Gasteiger partial charge in [-0.25, -0.2) is 0 Å². The summed E-state index contributed by atoms with van der Waals surface area (Å²) in [5.41, 5.74) is 0.544. The maximum atomic E-state index is 11.4. The van der Waals surface area contributed by atoms with Gasteiger partial charge >= 0.3 is 0 Å². The third-order valence-electron chi connectivity index (χ3n) is 2.95. The van der Waals surface area contributed by atoms with Gasteiger partial charge in [0.05, 0.1) is 12.7 Å². The van der Waals surface area contributed by atoms with Gasteiger partial charge in [0.25, 0.3) is 5.91 Å². The standard InChI is InChI=1S/C11H16N2O4/c1-6-4-13(7(2)12-11(6)16)10-3-8(15)9(5-14)17-10/h4,8-10,14-15H,2-3,5H2,1H3,(H,12,16)/t8-,9-,10-/m1/s1/i14+2,15+2,16+2. The van der Waals surface area contributed by atoms with Crippen molar-refractivity contribution in [3.05, 3.63) is 24.2 Å². The fourth-order valence-corrected chi connectivity index (χ4v) is 1.95. The molecule has 0 saturated carbocycles. The van der Waals surface area contributed by atoms with Crippen molar-refractivity contribution in [2.24, 2.45) is 0 Å². The molecule has 6 nitrogen and oxygen atoms in total. The van der Waals surface area contributed by atoms with Crippen LogP contribution >= 0.6 is 0 Å². The van der Waals surface area contributed by atoms with Gasteiger partial charge in [-0.1, -0.05) is 6.58 Å². The van der Waals surface area contributed by atoms with E-state index in [-0.39, 0.29) is 12.5 Å². The number of aliphatic hydroxyl groups excluding tert-OH is 2. The molecular formula is C11H16N2O4. The molecule has 2 rings (SSSR count). The number of ether oxygens (including phenoxy) is 1. The van der Waals surface area contributed by atoms with E-state index < -0.39 is 18.4 Å². The third-order valence-corrected chi connectivity index (χ3v) is 2.95. The first-order valence-electron chi connectivity index (χ1n) is 5.44. The summed E-state index contributed by atoms with van der Waals surface area (Å²) in [4.78, 5) is 13.0. The highest BCUT2D eigenvalue weighted by molar-refractivity contribution is 5.94. The summed E-state index contributed by atoms with van der Waals surface area (Å²) in [6.07, 6.45) is 0.302. The molecule has 0 bridgehead atoms. The van der Waals surface area contributed by atoms with Gasteiger partial charge in [0.2, 0.25) is 0 Å². The van der Waals surface area contributed by atoms with Crippen LogP contribution in [-0.4, -0.2) is 46.1 Å². The van der Waals surface area contributed by atoms with Gasteiger partial charge in [0.15, 0.2) is 0 Å². The molecule has 2 aliphatic heterocycles. The Balaban J connectivity index is 2.13. The van der Waals surface area contributed by atoms with Crippen LogP contribution in [0.5, 0.6) is 0 Å². The Hall–Kier alpha value is -1.37. The number of hydrogen-bond donors (Lipinski definition) is 3. The van der Waals surface area contributed by atoms with Crippen LogP contribution in [0, 0.1) is 0 Å². The first-order valence-corrected chi connectivity index (χ1v) is 5.44. The van der Waals surface area contributed by atoms with E-state index in [1.54, 1.807) is 18.0 Å². The van der Waals surface area contributed by atoms with Crippen molar-refractivity contribution in [1.82, 2.24) is 10.2 Å². The highest BCUT2D eigenvalue weighted by Gasteiger charge is 2.38. The summed E-state index contributed by atoms with van der Waals surface area (Å²) in [6.45, 7) is 5.18. The average Bonchev–Trinajstić information content (AvgIpc) is 2.65.